The van der Waals surface area contributed by atoms with Crippen LogP contribution in [0, 0.1) is 0 Å². The van der Waals surface area contributed by atoms with Crippen LogP contribution in [-0.4, -0.2) is 55.5 Å². The maximum absolute atomic E-state index is 12.4. The van der Waals surface area contributed by atoms with Crippen molar-refractivity contribution in [2.24, 2.45) is 0 Å². The van der Waals surface area contributed by atoms with E-state index in [4.69, 9.17) is 27.9 Å². The Bertz CT molecular complexity index is 793. The maximum Gasteiger partial charge on any atom is 0.238 e. The number of amides is 1. The van der Waals surface area contributed by atoms with Gasteiger partial charge in [0.2, 0.25) is 5.91 Å². The van der Waals surface area contributed by atoms with Gasteiger partial charge in [0.25, 0.3) is 0 Å². The third-order valence-electron chi connectivity index (χ3n) is 4.62. The average Bonchev–Trinajstić information content (AvgIpc) is 2.65. The summed E-state index contributed by atoms with van der Waals surface area (Å²) in [6.07, 6.45) is 0. The van der Waals surface area contributed by atoms with E-state index in [1.165, 1.54) is 0 Å². The first-order chi connectivity index (χ1) is 13.0. The molecule has 1 aliphatic rings. The minimum Gasteiger partial charge on any atom is -0.495 e. The number of halogens is 2. The molecular formula is C20H23Cl2N3O2. The molecule has 0 bridgehead atoms. The van der Waals surface area contributed by atoms with E-state index >= 15 is 0 Å². The third-order valence-corrected chi connectivity index (χ3v) is 5.22. The number of piperazine rings is 1. The molecule has 3 rings (SSSR count). The van der Waals surface area contributed by atoms with E-state index < -0.39 is 0 Å². The standard InChI is InChI=1S/C20H23Cl2N3O2/c1-27-19-7-6-16(21)12-18(19)23-20(26)14-25-10-8-24(9-11-25)13-15-4-2-3-5-17(15)22/h2-7,12H,8-11,13-14H2,1H3,(H,23,26). The largest absolute Gasteiger partial charge is 0.495 e. The summed E-state index contributed by atoms with van der Waals surface area (Å²) in [7, 11) is 1.57. The molecule has 7 heteroatoms. The molecule has 0 saturated carbocycles. The van der Waals surface area contributed by atoms with Crippen molar-refractivity contribution in [3.8, 4) is 5.75 Å². The zero-order valence-electron chi connectivity index (χ0n) is 15.3. The lowest BCUT2D eigenvalue weighted by Gasteiger charge is -2.34. The number of anilines is 1. The highest BCUT2D eigenvalue weighted by Gasteiger charge is 2.20. The van der Waals surface area contributed by atoms with Crippen LogP contribution in [0.2, 0.25) is 10.0 Å². The predicted octanol–water partition coefficient (Wildman–Crippen LogP) is 3.76. The Morgan fingerprint density at radius 2 is 1.78 bits per heavy atom. The SMILES string of the molecule is COc1ccc(Cl)cc1NC(=O)CN1CCN(Cc2ccccc2Cl)CC1. The molecule has 2 aromatic carbocycles. The van der Waals surface area contributed by atoms with Crippen LogP contribution in [0.5, 0.6) is 5.75 Å². The summed E-state index contributed by atoms with van der Waals surface area (Å²) in [5, 5.41) is 4.24. The first-order valence-corrected chi connectivity index (χ1v) is 9.62. The van der Waals surface area contributed by atoms with Gasteiger partial charge in [0.1, 0.15) is 5.75 Å². The number of hydrogen-bond donors (Lipinski definition) is 1. The topological polar surface area (TPSA) is 44.8 Å². The van der Waals surface area contributed by atoms with E-state index in [1.807, 2.05) is 18.2 Å². The Kier molecular flexibility index (Phi) is 6.96. The molecule has 1 N–H and O–H groups in total. The van der Waals surface area contributed by atoms with Gasteiger partial charge in [-0.25, -0.2) is 0 Å². The third kappa shape index (κ3) is 5.59. The summed E-state index contributed by atoms with van der Waals surface area (Å²) in [6, 6.07) is 13.1. The lowest BCUT2D eigenvalue weighted by Crippen LogP contribution is -2.48. The molecule has 1 fully saturated rings. The second kappa shape index (κ2) is 9.42. The van der Waals surface area contributed by atoms with E-state index in [2.05, 4.69) is 21.2 Å². The van der Waals surface area contributed by atoms with Gasteiger partial charge in [0.05, 0.1) is 19.3 Å². The van der Waals surface area contributed by atoms with Gasteiger partial charge in [-0.2, -0.15) is 0 Å². The van der Waals surface area contributed by atoms with Crippen LogP contribution in [0.25, 0.3) is 0 Å². The van der Waals surface area contributed by atoms with E-state index in [-0.39, 0.29) is 5.91 Å². The van der Waals surface area contributed by atoms with Gasteiger partial charge >= 0.3 is 0 Å². The van der Waals surface area contributed by atoms with Crippen molar-refractivity contribution in [3.05, 3.63) is 58.1 Å². The van der Waals surface area contributed by atoms with Gasteiger partial charge in [-0.3, -0.25) is 14.6 Å². The number of benzene rings is 2. The highest BCUT2D eigenvalue weighted by atomic mass is 35.5. The summed E-state index contributed by atoms with van der Waals surface area (Å²) in [5.41, 5.74) is 1.73. The van der Waals surface area contributed by atoms with E-state index in [1.54, 1.807) is 25.3 Å². The summed E-state index contributed by atoms with van der Waals surface area (Å²) in [6.45, 7) is 4.65. The molecule has 0 atom stereocenters. The molecule has 1 saturated heterocycles. The fraction of sp³-hybridized carbons (Fsp3) is 0.350. The van der Waals surface area contributed by atoms with Gasteiger partial charge in [-0.15, -0.1) is 0 Å². The van der Waals surface area contributed by atoms with Gasteiger partial charge in [-0.1, -0.05) is 41.4 Å². The zero-order valence-corrected chi connectivity index (χ0v) is 16.8. The molecule has 144 valence electrons. The molecule has 1 heterocycles. The minimum absolute atomic E-state index is 0.0740. The number of carbonyl (C=O) groups excluding carboxylic acids is 1. The van der Waals surface area contributed by atoms with Crippen LogP contribution < -0.4 is 10.1 Å². The molecule has 1 aliphatic heterocycles. The lowest BCUT2D eigenvalue weighted by atomic mass is 10.2. The summed E-state index contributed by atoms with van der Waals surface area (Å²) in [4.78, 5) is 16.9. The van der Waals surface area contributed by atoms with Crippen molar-refractivity contribution >= 4 is 34.8 Å². The van der Waals surface area contributed by atoms with Gasteiger partial charge < -0.3 is 10.1 Å². The Balaban J connectivity index is 1.48. The number of carbonyl (C=O) groups is 1. The van der Waals surface area contributed by atoms with Crippen molar-refractivity contribution < 1.29 is 9.53 Å². The Morgan fingerprint density at radius 3 is 2.48 bits per heavy atom. The van der Waals surface area contributed by atoms with Crippen molar-refractivity contribution in [1.29, 1.82) is 0 Å². The smallest absolute Gasteiger partial charge is 0.238 e. The zero-order chi connectivity index (χ0) is 19.2. The fourth-order valence-corrected chi connectivity index (χ4v) is 3.51. The number of nitrogens with zero attached hydrogens (tertiary/aromatic N) is 2. The highest BCUT2D eigenvalue weighted by molar-refractivity contribution is 6.31. The first-order valence-electron chi connectivity index (χ1n) is 8.86. The van der Waals surface area contributed by atoms with Crippen LogP contribution >= 0.6 is 23.2 Å². The van der Waals surface area contributed by atoms with E-state index in [0.29, 0.717) is 23.0 Å². The number of rotatable bonds is 6. The van der Waals surface area contributed by atoms with Crippen molar-refractivity contribution in [2.75, 3.05) is 45.2 Å². The van der Waals surface area contributed by atoms with Crippen molar-refractivity contribution in [1.82, 2.24) is 9.80 Å². The normalized spacial score (nSPS) is 15.5. The van der Waals surface area contributed by atoms with Crippen LogP contribution in [0.4, 0.5) is 5.69 Å². The van der Waals surface area contributed by atoms with Crippen molar-refractivity contribution in [3.63, 3.8) is 0 Å². The maximum atomic E-state index is 12.4. The molecule has 2 aromatic rings. The molecule has 0 aliphatic carbocycles. The monoisotopic (exact) mass is 407 g/mol. The van der Waals surface area contributed by atoms with Gasteiger partial charge in [0, 0.05) is 42.8 Å². The fourth-order valence-electron chi connectivity index (χ4n) is 3.14. The van der Waals surface area contributed by atoms with Gasteiger partial charge in [-0.05, 0) is 29.8 Å². The molecule has 0 radical (unpaired) electrons. The number of ether oxygens (including phenoxy) is 1. The Hall–Kier alpha value is -1.79. The number of methoxy groups -OCH3 is 1. The number of nitrogens with one attached hydrogen (secondary N) is 1. The van der Waals surface area contributed by atoms with Crippen molar-refractivity contribution in [2.45, 2.75) is 6.54 Å². The number of hydrogen-bond acceptors (Lipinski definition) is 4. The summed E-state index contributed by atoms with van der Waals surface area (Å²) < 4.78 is 5.27. The van der Waals surface area contributed by atoms with Crippen LogP contribution in [0.3, 0.4) is 0 Å². The molecule has 0 spiro atoms. The second-order valence-corrected chi connectivity index (χ2v) is 7.38. The molecular weight excluding hydrogens is 385 g/mol. The van der Waals surface area contributed by atoms with Crippen LogP contribution in [0.1, 0.15) is 5.56 Å². The summed E-state index contributed by atoms with van der Waals surface area (Å²) >= 11 is 12.3. The first kappa shape index (κ1) is 20.0. The predicted molar refractivity (Wildman–Crippen MR) is 110 cm³/mol. The molecule has 0 aromatic heterocycles. The lowest BCUT2D eigenvalue weighted by molar-refractivity contribution is -0.117. The molecule has 1 amide bonds. The van der Waals surface area contributed by atoms with E-state index in [9.17, 15) is 4.79 Å². The molecule has 5 nitrogen and oxygen atoms in total. The summed E-state index contributed by atoms with van der Waals surface area (Å²) in [5.74, 6) is 0.521. The second-order valence-electron chi connectivity index (χ2n) is 6.54. The minimum atomic E-state index is -0.0740. The van der Waals surface area contributed by atoms with Crippen LogP contribution in [-0.2, 0) is 11.3 Å². The Labute approximate surface area is 169 Å². The highest BCUT2D eigenvalue weighted by Crippen LogP contribution is 2.27. The van der Waals surface area contributed by atoms with Gasteiger partial charge in [0.15, 0.2) is 0 Å². The van der Waals surface area contributed by atoms with Crippen LogP contribution in [0.15, 0.2) is 42.5 Å². The quantitative estimate of drug-likeness (QED) is 0.791. The molecule has 0 unspecified atom stereocenters. The average molecular weight is 408 g/mol. The Morgan fingerprint density at radius 1 is 1.07 bits per heavy atom. The molecule has 27 heavy (non-hydrogen) atoms. The van der Waals surface area contributed by atoms with E-state index in [0.717, 1.165) is 43.3 Å².